The SMILES string of the molecule is Cc1ccc(C(=O)NC(C)c2nnc(SCc3ccccc3C)n2C)s1. The number of aromatic nitrogens is 3. The first-order valence-electron chi connectivity index (χ1n) is 8.39. The maximum atomic E-state index is 12.3. The molecule has 0 radical (unpaired) electrons. The van der Waals surface area contributed by atoms with Gasteiger partial charge in [0.25, 0.3) is 5.91 Å². The van der Waals surface area contributed by atoms with Crippen LogP contribution in [-0.2, 0) is 12.8 Å². The van der Waals surface area contributed by atoms with Crippen LogP contribution in [-0.4, -0.2) is 20.7 Å². The predicted molar refractivity (Wildman–Crippen MR) is 107 cm³/mol. The van der Waals surface area contributed by atoms with Gasteiger partial charge < -0.3 is 9.88 Å². The number of nitrogens with zero attached hydrogens (tertiary/aromatic N) is 3. The van der Waals surface area contributed by atoms with Gasteiger partial charge in [-0.25, -0.2) is 0 Å². The molecule has 0 saturated heterocycles. The van der Waals surface area contributed by atoms with Crippen molar-refractivity contribution >= 4 is 29.0 Å². The topological polar surface area (TPSA) is 59.8 Å². The minimum atomic E-state index is -0.213. The quantitative estimate of drug-likeness (QED) is 0.643. The lowest BCUT2D eigenvalue weighted by Gasteiger charge is -2.13. The number of amides is 1. The second-order valence-corrected chi connectivity index (χ2v) is 8.45. The van der Waals surface area contributed by atoms with Gasteiger partial charge in [-0.05, 0) is 44.0 Å². The van der Waals surface area contributed by atoms with Crippen molar-refractivity contribution in [2.75, 3.05) is 0 Å². The fraction of sp³-hybridized carbons (Fsp3) is 0.316. The van der Waals surface area contributed by atoms with E-state index in [1.165, 1.54) is 22.5 Å². The number of nitrogens with one attached hydrogen (secondary N) is 1. The van der Waals surface area contributed by atoms with E-state index in [0.29, 0.717) is 4.88 Å². The maximum absolute atomic E-state index is 12.3. The van der Waals surface area contributed by atoms with Crippen LogP contribution in [0.25, 0.3) is 0 Å². The Labute approximate surface area is 161 Å². The molecule has 1 amide bonds. The van der Waals surface area contributed by atoms with Crippen molar-refractivity contribution in [1.82, 2.24) is 20.1 Å². The van der Waals surface area contributed by atoms with Crippen LogP contribution >= 0.6 is 23.1 Å². The Balaban J connectivity index is 1.66. The molecule has 0 aliphatic carbocycles. The Morgan fingerprint density at radius 3 is 2.69 bits per heavy atom. The largest absolute Gasteiger partial charge is 0.342 e. The summed E-state index contributed by atoms with van der Waals surface area (Å²) in [4.78, 5) is 14.2. The molecule has 0 spiro atoms. The highest BCUT2D eigenvalue weighted by molar-refractivity contribution is 7.98. The number of carbonyl (C=O) groups excluding carboxylic acids is 1. The molecule has 26 heavy (non-hydrogen) atoms. The van der Waals surface area contributed by atoms with Gasteiger partial charge in [0.05, 0.1) is 10.9 Å². The van der Waals surface area contributed by atoms with Gasteiger partial charge in [0.1, 0.15) is 0 Å². The molecule has 1 N–H and O–H groups in total. The summed E-state index contributed by atoms with van der Waals surface area (Å²) in [5.41, 5.74) is 2.56. The third kappa shape index (κ3) is 4.16. The first kappa shape index (κ1) is 18.7. The van der Waals surface area contributed by atoms with Crippen LogP contribution in [0.1, 0.15) is 44.5 Å². The summed E-state index contributed by atoms with van der Waals surface area (Å²) in [7, 11) is 1.94. The lowest BCUT2D eigenvalue weighted by molar-refractivity contribution is 0.0942. The van der Waals surface area contributed by atoms with Crippen molar-refractivity contribution in [3.63, 3.8) is 0 Å². The van der Waals surface area contributed by atoms with Gasteiger partial charge in [-0.1, -0.05) is 36.0 Å². The third-order valence-electron chi connectivity index (χ3n) is 4.19. The van der Waals surface area contributed by atoms with Crippen LogP contribution in [0.3, 0.4) is 0 Å². The van der Waals surface area contributed by atoms with Gasteiger partial charge >= 0.3 is 0 Å². The summed E-state index contributed by atoms with van der Waals surface area (Å²) in [5, 5.41) is 12.4. The standard InChI is InChI=1S/C19H22N4OS2/c1-12-7-5-6-8-15(12)11-25-19-22-21-17(23(19)4)14(3)20-18(24)16-10-9-13(2)26-16/h5-10,14H,11H2,1-4H3,(H,20,24). The molecule has 5 nitrogen and oxygen atoms in total. The van der Waals surface area contributed by atoms with Crippen molar-refractivity contribution in [3.8, 4) is 0 Å². The normalized spacial score (nSPS) is 12.2. The van der Waals surface area contributed by atoms with Gasteiger partial charge in [0, 0.05) is 17.7 Å². The monoisotopic (exact) mass is 386 g/mol. The van der Waals surface area contributed by atoms with Crippen molar-refractivity contribution in [2.24, 2.45) is 7.05 Å². The van der Waals surface area contributed by atoms with Gasteiger partial charge in [0.2, 0.25) is 0 Å². The Morgan fingerprint density at radius 2 is 2.00 bits per heavy atom. The number of hydrogen-bond acceptors (Lipinski definition) is 5. The number of thioether (sulfide) groups is 1. The average molecular weight is 387 g/mol. The van der Waals surface area contributed by atoms with Gasteiger partial charge in [-0.3, -0.25) is 4.79 Å². The zero-order valence-corrected chi connectivity index (χ0v) is 16.9. The first-order chi connectivity index (χ1) is 12.5. The van der Waals surface area contributed by atoms with E-state index in [4.69, 9.17) is 0 Å². The third-order valence-corrected chi connectivity index (χ3v) is 6.25. The molecular weight excluding hydrogens is 364 g/mol. The summed E-state index contributed by atoms with van der Waals surface area (Å²) < 4.78 is 1.95. The second-order valence-electron chi connectivity index (χ2n) is 6.22. The van der Waals surface area contributed by atoms with E-state index in [9.17, 15) is 4.79 Å². The van der Waals surface area contributed by atoms with E-state index < -0.39 is 0 Å². The smallest absolute Gasteiger partial charge is 0.261 e. The van der Waals surface area contributed by atoms with E-state index in [-0.39, 0.29) is 11.9 Å². The lowest BCUT2D eigenvalue weighted by atomic mass is 10.1. The van der Waals surface area contributed by atoms with Crippen LogP contribution in [0.2, 0.25) is 0 Å². The fourth-order valence-electron chi connectivity index (χ4n) is 2.63. The Hall–Kier alpha value is -2.12. The van der Waals surface area contributed by atoms with Crippen molar-refractivity contribution < 1.29 is 4.79 Å². The molecule has 0 aliphatic rings. The number of carbonyl (C=O) groups is 1. The summed E-state index contributed by atoms with van der Waals surface area (Å²) in [5.74, 6) is 1.51. The van der Waals surface area contributed by atoms with Crippen LogP contribution in [0, 0.1) is 13.8 Å². The number of hydrogen-bond donors (Lipinski definition) is 1. The molecule has 0 aliphatic heterocycles. The Bertz CT molecular complexity index is 916. The van der Waals surface area contributed by atoms with E-state index in [1.807, 2.05) is 43.7 Å². The number of rotatable bonds is 6. The van der Waals surface area contributed by atoms with Gasteiger partial charge in [-0.15, -0.1) is 21.5 Å². The molecule has 136 valence electrons. The highest BCUT2D eigenvalue weighted by Crippen LogP contribution is 2.24. The maximum Gasteiger partial charge on any atom is 0.261 e. The molecule has 3 rings (SSSR count). The molecular formula is C19H22N4OS2. The summed E-state index contributed by atoms with van der Waals surface area (Å²) in [6, 6.07) is 11.9. The number of thiophene rings is 1. The van der Waals surface area contributed by atoms with Gasteiger partial charge in [-0.2, -0.15) is 0 Å². The van der Waals surface area contributed by atoms with Crippen LogP contribution in [0.5, 0.6) is 0 Å². The zero-order chi connectivity index (χ0) is 18.7. The van der Waals surface area contributed by atoms with Gasteiger partial charge in [0.15, 0.2) is 11.0 Å². The summed E-state index contributed by atoms with van der Waals surface area (Å²) >= 11 is 3.14. The average Bonchev–Trinajstić information content (AvgIpc) is 3.20. The van der Waals surface area contributed by atoms with Crippen LogP contribution in [0.15, 0.2) is 41.6 Å². The molecule has 0 fully saturated rings. The Kier molecular flexibility index (Phi) is 5.78. The minimum Gasteiger partial charge on any atom is -0.342 e. The Morgan fingerprint density at radius 1 is 1.23 bits per heavy atom. The molecule has 7 heteroatoms. The number of aryl methyl sites for hydroxylation is 2. The minimum absolute atomic E-state index is 0.0762. The summed E-state index contributed by atoms with van der Waals surface area (Å²) in [6.45, 7) is 6.03. The molecule has 1 aromatic carbocycles. The molecule has 0 saturated carbocycles. The highest BCUT2D eigenvalue weighted by atomic mass is 32.2. The number of benzene rings is 1. The van der Waals surface area contributed by atoms with Crippen molar-refractivity contribution in [3.05, 3.63) is 63.1 Å². The van der Waals surface area contributed by atoms with Crippen molar-refractivity contribution in [2.45, 2.75) is 37.7 Å². The molecule has 2 aromatic heterocycles. The van der Waals surface area contributed by atoms with E-state index >= 15 is 0 Å². The van der Waals surface area contributed by atoms with Crippen LogP contribution < -0.4 is 5.32 Å². The molecule has 3 aromatic rings. The second kappa shape index (κ2) is 8.05. The van der Waals surface area contributed by atoms with E-state index in [0.717, 1.165) is 21.6 Å². The molecule has 0 bridgehead atoms. The highest BCUT2D eigenvalue weighted by Gasteiger charge is 2.19. The fourth-order valence-corrected chi connectivity index (χ4v) is 4.40. The molecule has 2 heterocycles. The molecule has 1 atom stereocenters. The lowest BCUT2D eigenvalue weighted by Crippen LogP contribution is -2.27. The molecule has 1 unspecified atom stereocenters. The predicted octanol–water partition coefficient (Wildman–Crippen LogP) is 4.28. The van der Waals surface area contributed by atoms with E-state index in [2.05, 4.69) is 40.6 Å². The van der Waals surface area contributed by atoms with Crippen LogP contribution in [0.4, 0.5) is 0 Å². The van der Waals surface area contributed by atoms with E-state index in [1.54, 1.807) is 11.8 Å². The first-order valence-corrected chi connectivity index (χ1v) is 10.2. The van der Waals surface area contributed by atoms with Crippen molar-refractivity contribution in [1.29, 1.82) is 0 Å². The zero-order valence-electron chi connectivity index (χ0n) is 15.3. The summed E-state index contributed by atoms with van der Waals surface area (Å²) in [6.07, 6.45) is 0.